The molecule has 0 fully saturated rings. The van der Waals surface area contributed by atoms with Crippen molar-refractivity contribution in [2.75, 3.05) is 18.4 Å². The summed E-state index contributed by atoms with van der Waals surface area (Å²) in [6.07, 6.45) is -1.06. The molecule has 402 valence electrons. The van der Waals surface area contributed by atoms with Crippen molar-refractivity contribution in [3.63, 3.8) is 0 Å². The number of amides is 6. The molecule has 4 atom stereocenters. The first-order valence-electron chi connectivity index (χ1n) is 24.3. The molecule has 23 heteroatoms. The predicted octanol–water partition coefficient (Wildman–Crippen LogP) is 3.98. The molecule has 77 heavy (non-hydrogen) atoms. The SMILES string of the molecule is C[C@H](NC(=O)OCc1ccccc1)C(=O)N[C@@H](CCCN=C(N)N)C(=O)N=c1ccc2c(-c3ccccc3C(=O)O)c3ccc(NC(=O)[C@H](CCCN=C(N)N)NC(=O)[C@H](C)NC(=O)OCc4ccccc4)cc3oc-2c1. The number of carboxylic acid groups (broad SMARTS) is 1. The Hall–Kier alpha value is -9.80. The van der Waals surface area contributed by atoms with Crippen LogP contribution in [0.2, 0.25) is 0 Å². The molecule has 4 aromatic carbocycles. The van der Waals surface area contributed by atoms with Crippen LogP contribution in [-0.2, 0) is 41.9 Å². The van der Waals surface area contributed by atoms with E-state index in [1.165, 1.54) is 38.1 Å². The smallest absolute Gasteiger partial charge is 0.408 e. The van der Waals surface area contributed by atoms with Gasteiger partial charge in [0.2, 0.25) is 17.7 Å². The van der Waals surface area contributed by atoms with Crippen LogP contribution in [0, 0.1) is 0 Å². The molecule has 1 heterocycles. The van der Waals surface area contributed by atoms with Crippen molar-refractivity contribution in [3.05, 3.63) is 143 Å². The summed E-state index contributed by atoms with van der Waals surface area (Å²) in [4.78, 5) is 105. The quantitative estimate of drug-likeness (QED) is 0.0188. The molecule has 0 saturated heterocycles. The van der Waals surface area contributed by atoms with E-state index in [1.807, 2.05) is 12.1 Å². The third-order valence-electron chi connectivity index (χ3n) is 11.7. The molecule has 23 nitrogen and oxygen atoms in total. The van der Waals surface area contributed by atoms with Crippen molar-refractivity contribution in [2.24, 2.45) is 37.9 Å². The summed E-state index contributed by atoms with van der Waals surface area (Å²) in [5.74, 6) is -4.17. The van der Waals surface area contributed by atoms with Gasteiger partial charge in [-0.05, 0) is 86.6 Å². The van der Waals surface area contributed by atoms with Gasteiger partial charge in [-0.25, -0.2) is 19.4 Å². The number of aliphatic imine (C=N–C) groups is 2. The highest BCUT2D eigenvalue weighted by molar-refractivity contribution is 6.08. The minimum Gasteiger partial charge on any atom is -0.478 e. The van der Waals surface area contributed by atoms with Gasteiger partial charge >= 0.3 is 18.2 Å². The Morgan fingerprint density at radius 1 is 0.597 bits per heavy atom. The van der Waals surface area contributed by atoms with Gasteiger partial charge in [-0.1, -0.05) is 78.9 Å². The summed E-state index contributed by atoms with van der Waals surface area (Å²) >= 11 is 0. The van der Waals surface area contributed by atoms with Crippen molar-refractivity contribution in [1.29, 1.82) is 0 Å². The second-order valence-corrected chi connectivity index (χ2v) is 17.5. The molecule has 6 amide bonds. The summed E-state index contributed by atoms with van der Waals surface area (Å²) in [7, 11) is 0. The molecule has 0 aromatic heterocycles. The van der Waals surface area contributed by atoms with Gasteiger partial charge in [-0.2, -0.15) is 0 Å². The number of hydrogen-bond donors (Lipinski definition) is 10. The first-order chi connectivity index (χ1) is 36.9. The number of aromatic carboxylic acids is 1. The van der Waals surface area contributed by atoms with Crippen LogP contribution >= 0.6 is 0 Å². The number of anilines is 1. The van der Waals surface area contributed by atoms with Crippen LogP contribution in [-0.4, -0.2) is 96.1 Å². The number of ether oxygens (including phenoxy) is 2. The number of alkyl carbamates (subject to hydrolysis) is 2. The lowest BCUT2D eigenvalue weighted by atomic mass is 9.90. The van der Waals surface area contributed by atoms with Crippen LogP contribution in [0.3, 0.4) is 0 Å². The largest absolute Gasteiger partial charge is 0.478 e. The number of hydrogen-bond acceptors (Lipinski definition) is 12. The molecule has 0 saturated carbocycles. The average Bonchev–Trinajstić information content (AvgIpc) is 3.44. The van der Waals surface area contributed by atoms with Crippen LogP contribution < -0.4 is 54.9 Å². The van der Waals surface area contributed by atoms with E-state index in [2.05, 4.69) is 41.6 Å². The molecule has 1 aliphatic heterocycles. The van der Waals surface area contributed by atoms with E-state index in [1.54, 1.807) is 84.9 Å². The number of guanidine groups is 2. The highest BCUT2D eigenvalue weighted by atomic mass is 16.6. The molecule has 6 rings (SSSR count). The number of nitrogens with one attached hydrogen (secondary N) is 5. The summed E-state index contributed by atoms with van der Waals surface area (Å²) in [5.41, 5.74) is 25.1. The lowest BCUT2D eigenvalue weighted by Gasteiger charge is -2.21. The maximum atomic E-state index is 14.0. The van der Waals surface area contributed by atoms with Crippen LogP contribution in [0.4, 0.5) is 15.3 Å². The zero-order valence-electron chi connectivity index (χ0n) is 42.2. The molecule has 0 spiro atoms. The van der Waals surface area contributed by atoms with Gasteiger partial charge in [0.25, 0.3) is 5.91 Å². The summed E-state index contributed by atoms with van der Waals surface area (Å²) in [5, 5.41) is 23.9. The van der Waals surface area contributed by atoms with Crippen LogP contribution in [0.15, 0.2) is 141 Å². The number of carboxylic acids is 1. The van der Waals surface area contributed by atoms with Gasteiger partial charge in [-0.15, -0.1) is 0 Å². The Labute approximate surface area is 441 Å². The van der Waals surface area contributed by atoms with Crippen molar-refractivity contribution < 1.29 is 52.6 Å². The minimum absolute atomic E-state index is 0.0254. The maximum absolute atomic E-state index is 14.0. The number of rotatable bonds is 23. The van der Waals surface area contributed by atoms with Crippen LogP contribution in [0.25, 0.3) is 33.4 Å². The molecule has 0 radical (unpaired) electrons. The van der Waals surface area contributed by atoms with Gasteiger partial charge in [0.1, 0.15) is 48.7 Å². The molecular formula is C54H60N12O11. The Balaban J connectivity index is 1.28. The summed E-state index contributed by atoms with van der Waals surface area (Å²) in [6, 6.07) is 29.0. The van der Waals surface area contributed by atoms with Crippen molar-refractivity contribution >= 4 is 70.4 Å². The number of nitrogens with zero attached hydrogens (tertiary/aromatic N) is 3. The van der Waals surface area contributed by atoms with Crippen molar-refractivity contribution in [1.82, 2.24) is 21.3 Å². The first-order valence-corrected chi connectivity index (χ1v) is 24.3. The van der Waals surface area contributed by atoms with E-state index in [-0.39, 0.29) is 91.9 Å². The summed E-state index contributed by atoms with van der Waals surface area (Å²) in [6.45, 7) is 3.06. The average molecular weight is 1050 g/mol. The van der Waals surface area contributed by atoms with Gasteiger partial charge in [0.05, 0.1) is 10.9 Å². The Morgan fingerprint density at radius 3 is 1.69 bits per heavy atom. The molecule has 0 bridgehead atoms. The Morgan fingerprint density at radius 2 is 1.13 bits per heavy atom. The van der Waals surface area contributed by atoms with E-state index < -0.39 is 66.0 Å². The molecular weight excluding hydrogens is 993 g/mol. The third-order valence-corrected chi connectivity index (χ3v) is 11.7. The molecule has 2 aliphatic rings. The fourth-order valence-electron chi connectivity index (χ4n) is 7.78. The lowest BCUT2D eigenvalue weighted by molar-refractivity contribution is -0.128. The van der Waals surface area contributed by atoms with Crippen LogP contribution in [0.1, 0.15) is 61.0 Å². The zero-order valence-corrected chi connectivity index (χ0v) is 42.2. The highest BCUT2D eigenvalue weighted by Gasteiger charge is 2.28. The Bertz CT molecular complexity index is 3180. The molecule has 1 aliphatic carbocycles. The number of carbonyl (C=O) groups is 7. The van der Waals surface area contributed by atoms with E-state index in [0.717, 1.165) is 11.1 Å². The predicted molar refractivity (Wildman–Crippen MR) is 287 cm³/mol. The standard InChI is InChI=1S/C54H60N12O11/c1-31(61-53(73)75-29-33-13-5-3-6-14-33)46(67)65-41(19-11-25-59-51(55)56)48(69)63-35-21-23-39-43(27-35)77-44-28-36(22-24-40(44)45(39)37-17-9-10-18-38(37)50(71)72)64-49(70)42(20-12-26-60-52(57)58)66-47(68)32(2)62-54(74)76-30-34-15-7-4-8-16-34/h3-10,13-18,21-24,27-28,31-32,41-42H,11-12,19-20,25-26,29-30H2,1-2H3,(H,61,73)(H,62,74)(H,63,69)(H,65,67)(H,66,68)(H,71,72)(H4,55,56,59)(H4,57,58,60)/t31-,32-,41-,42-/m0/s1. The normalized spacial score (nSPS) is 12.7. The van der Waals surface area contributed by atoms with E-state index in [0.29, 0.717) is 22.1 Å². The van der Waals surface area contributed by atoms with Gasteiger partial charge in [-0.3, -0.25) is 29.2 Å². The molecule has 0 unspecified atom stereocenters. The van der Waals surface area contributed by atoms with E-state index in [4.69, 9.17) is 36.8 Å². The van der Waals surface area contributed by atoms with Crippen molar-refractivity contribution in [3.8, 4) is 22.5 Å². The molecule has 14 N–H and O–H groups in total. The minimum atomic E-state index is -1.21. The third kappa shape index (κ3) is 16.9. The molecule has 4 aromatic rings. The topological polar surface area (TPSA) is 373 Å². The fraction of sp³-hybridized carbons (Fsp3) is 0.259. The zero-order chi connectivity index (χ0) is 55.4. The monoisotopic (exact) mass is 1050 g/mol. The number of fused-ring (bicyclic) bond motifs is 2. The first kappa shape index (κ1) is 56.5. The van der Waals surface area contributed by atoms with E-state index in [9.17, 15) is 38.7 Å². The van der Waals surface area contributed by atoms with Gasteiger partial charge in [0, 0.05) is 47.4 Å². The van der Waals surface area contributed by atoms with E-state index >= 15 is 0 Å². The number of carbonyl (C=O) groups excluding carboxylic acids is 6. The lowest BCUT2D eigenvalue weighted by Crippen LogP contribution is -2.51. The number of nitrogens with two attached hydrogens (primary N) is 4. The Kier molecular flexibility index (Phi) is 20.2. The van der Waals surface area contributed by atoms with Gasteiger partial charge in [0.15, 0.2) is 11.9 Å². The van der Waals surface area contributed by atoms with Crippen LogP contribution in [0.5, 0.6) is 0 Å². The highest BCUT2D eigenvalue weighted by Crippen LogP contribution is 2.41. The maximum Gasteiger partial charge on any atom is 0.408 e. The summed E-state index contributed by atoms with van der Waals surface area (Å²) < 4.78 is 17.0. The second-order valence-electron chi connectivity index (χ2n) is 17.5. The number of benzene rings is 5. The fourth-order valence-corrected chi connectivity index (χ4v) is 7.78. The van der Waals surface area contributed by atoms with Gasteiger partial charge < -0.3 is 68.5 Å². The van der Waals surface area contributed by atoms with Crippen molar-refractivity contribution in [2.45, 2.75) is 76.9 Å². The second kappa shape index (κ2) is 27.5.